The van der Waals surface area contributed by atoms with E-state index >= 15 is 0 Å². The van der Waals surface area contributed by atoms with Crippen molar-refractivity contribution in [2.45, 2.75) is 63.4 Å². The van der Waals surface area contributed by atoms with Crippen molar-refractivity contribution < 1.29 is 14.0 Å². The largest absolute Gasteiger partial charge is 0.336 e. The van der Waals surface area contributed by atoms with E-state index in [1.54, 1.807) is 19.2 Å². The third kappa shape index (κ3) is 5.09. The van der Waals surface area contributed by atoms with Crippen LogP contribution < -0.4 is 5.32 Å². The molecule has 0 aliphatic carbocycles. The van der Waals surface area contributed by atoms with Crippen molar-refractivity contribution in [3.63, 3.8) is 0 Å². The van der Waals surface area contributed by atoms with E-state index in [0.717, 1.165) is 19.3 Å². The molecule has 1 saturated heterocycles. The first-order valence-electron chi connectivity index (χ1n) is 10.4. The van der Waals surface area contributed by atoms with Crippen LogP contribution in [0.25, 0.3) is 0 Å². The highest BCUT2D eigenvalue weighted by molar-refractivity contribution is 8.13. The molecule has 2 atom stereocenters. The fraction of sp³-hybridized carbons (Fsp3) is 0.571. The molecule has 0 saturated carbocycles. The number of hydrogen-bond donors (Lipinski definition) is 1. The number of carbonyl (C=O) groups excluding carboxylic acids is 2. The van der Waals surface area contributed by atoms with Crippen molar-refractivity contribution in [2.75, 3.05) is 13.6 Å². The number of unbranched alkanes of at least 4 members (excludes halogenated alkanes) is 5. The number of halogens is 2. The third-order valence-corrected chi connectivity index (χ3v) is 6.87. The number of hydrogen-bond acceptors (Lipinski definition) is 5. The minimum absolute atomic E-state index is 0.302. The van der Waals surface area contributed by atoms with Crippen molar-refractivity contribution in [1.29, 1.82) is 0 Å². The van der Waals surface area contributed by atoms with E-state index in [1.807, 2.05) is 4.90 Å². The number of imide groups is 1. The van der Waals surface area contributed by atoms with Gasteiger partial charge in [0.1, 0.15) is 5.82 Å². The van der Waals surface area contributed by atoms with Gasteiger partial charge in [-0.15, -0.1) is 0 Å². The Bertz CT molecular complexity index is 802. The van der Waals surface area contributed by atoms with Crippen LogP contribution in [0.1, 0.15) is 51.0 Å². The van der Waals surface area contributed by atoms with Crippen LogP contribution in [0.4, 0.5) is 9.18 Å². The third-order valence-electron chi connectivity index (χ3n) is 5.48. The zero-order valence-corrected chi connectivity index (χ0v) is 18.9. The molecular weight excluding hydrogens is 427 g/mol. The Labute approximate surface area is 186 Å². The maximum atomic E-state index is 14.2. The number of nitrogens with zero attached hydrogens (tertiary/aromatic N) is 3. The van der Waals surface area contributed by atoms with Crippen molar-refractivity contribution in [2.24, 2.45) is 4.99 Å². The summed E-state index contributed by atoms with van der Waals surface area (Å²) in [7, 11) is 1.63. The van der Waals surface area contributed by atoms with Gasteiger partial charge in [-0.1, -0.05) is 68.5 Å². The van der Waals surface area contributed by atoms with Crippen LogP contribution >= 0.6 is 23.4 Å². The number of likely N-dealkylation sites (N-methyl/N-ethyl adjacent to an activating group) is 1. The molecule has 0 radical (unpaired) electrons. The number of fused-ring (bicyclic) bond motifs is 1. The molecule has 6 nitrogen and oxygen atoms in total. The molecule has 164 valence electrons. The average molecular weight is 455 g/mol. The number of aliphatic imine (C=N–C) groups is 1. The molecule has 1 fully saturated rings. The molecule has 2 unspecified atom stereocenters. The standard InChI is InChI=1S/C21H28ClFN4O2S/c1-3-4-5-6-7-8-12-27-17-18(26(2)20(29)25-19(17)28)24-21(27)30-13-14-15(22)10-9-11-16(14)23/h9-11,17-18H,3-8,12-13H2,1-2H3,(H,25,28,29). The lowest BCUT2D eigenvalue weighted by atomic mass is 10.1. The lowest BCUT2D eigenvalue weighted by Crippen LogP contribution is -2.63. The van der Waals surface area contributed by atoms with Crippen LogP contribution in [-0.4, -0.2) is 52.7 Å². The van der Waals surface area contributed by atoms with Gasteiger partial charge in [-0.25, -0.2) is 14.2 Å². The summed E-state index contributed by atoms with van der Waals surface area (Å²) in [5, 5.41) is 3.42. The topological polar surface area (TPSA) is 65.0 Å². The highest BCUT2D eigenvalue weighted by atomic mass is 35.5. The van der Waals surface area contributed by atoms with Gasteiger partial charge in [-0.05, 0) is 18.6 Å². The summed E-state index contributed by atoms with van der Waals surface area (Å²) in [6, 6.07) is 3.61. The van der Waals surface area contributed by atoms with Crippen LogP contribution in [0, 0.1) is 5.82 Å². The van der Waals surface area contributed by atoms with Crippen LogP contribution in [0.15, 0.2) is 23.2 Å². The number of carbonyl (C=O) groups is 2. The second-order valence-electron chi connectivity index (χ2n) is 7.63. The van der Waals surface area contributed by atoms with Crippen molar-refractivity contribution >= 4 is 40.5 Å². The van der Waals surface area contributed by atoms with E-state index in [9.17, 15) is 14.0 Å². The average Bonchev–Trinajstić information content (AvgIpc) is 3.07. The van der Waals surface area contributed by atoms with Crippen molar-refractivity contribution in [1.82, 2.24) is 15.1 Å². The molecule has 3 amide bonds. The molecule has 3 rings (SSSR count). The number of benzene rings is 1. The van der Waals surface area contributed by atoms with Gasteiger partial charge in [-0.2, -0.15) is 0 Å². The normalized spacial score (nSPS) is 21.0. The summed E-state index contributed by atoms with van der Waals surface area (Å²) >= 11 is 7.51. The number of thioether (sulfide) groups is 1. The van der Waals surface area contributed by atoms with Gasteiger partial charge in [0, 0.05) is 29.9 Å². The maximum absolute atomic E-state index is 14.2. The molecule has 9 heteroatoms. The molecule has 1 N–H and O–H groups in total. The maximum Gasteiger partial charge on any atom is 0.325 e. The first-order valence-corrected chi connectivity index (χ1v) is 11.8. The molecule has 2 heterocycles. The number of amidine groups is 1. The Morgan fingerprint density at radius 1 is 1.20 bits per heavy atom. The molecule has 0 spiro atoms. The predicted molar refractivity (Wildman–Crippen MR) is 119 cm³/mol. The molecule has 1 aromatic rings. The zero-order valence-electron chi connectivity index (χ0n) is 17.4. The monoisotopic (exact) mass is 454 g/mol. The van der Waals surface area contributed by atoms with E-state index in [2.05, 4.69) is 17.2 Å². The fourth-order valence-electron chi connectivity index (χ4n) is 3.73. The van der Waals surface area contributed by atoms with Crippen molar-refractivity contribution in [3.05, 3.63) is 34.6 Å². The predicted octanol–water partition coefficient (Wildman–Crippen LogP) is 4.62. The summed E-state index contributed by atoms with van der Waals surface area (Å²) < 4.78 is 14.2. The quantitative estimate of drug-likeness (QED) is 0.553. The number of urea groups is 1. The Balaban J connectivity index is 1.71. The van der Waals surface area contributed by atoms with Gasteiger partial charge in [0.15, 0.2) is 17.4 Å². The van der Waals surface area contributed by atoms with Crippen LogP contribution in [0.2, 0.25) is 5.02 Å². The minimum Gasteiger partial charge on any atom is -0.336 e. The Morgan fingerprint density at radius 3 is 2.67 bits per heavy atom. The molecule has 0 bridgehead atoms. The van der Waals surface area contributed by atoms with E-state index in [1.165, 1.54) is 42.0 Å². The number of rotatable bonds is 9. The van der Waals surface area contributed by atoms with E-state index in [4.69, 9.17) is 11.6 Å². The van der Waals surface area contributed by atoms with Crippen LogP contribution in [0.3, 0.4) is 0 Å². The molecule has 30 heavy (non-hydrogen) atoms. The van der Waals surface area contributed by atoms with Gasteiger partial charge in [0.25, 0.3) is 5.91 Å². The first kappa shape index (κ1) is 22.9. The van der Waals surface area contributed by atoms with Gasteiger partial charge in [0.2, 0.25) is 0 Å². The summed E-state index contributed by atoms with van der Waals surface area (Å²) in [4.78, 5) is 32.7. The smallest absolute Gasteiger partial charge is 0.325 e. The second-order valence-corrected chi connectivity index (χ2v) is 8.98. The first-order chi connectivity index (χ1) is 14.4. The SMILES string of the molecule is CCCCCCCCN1C(SCc2c(F)cccc2Cl)=NC2C1C(=O)NC(=O)N2C. The van der Waals surface area contributed by atoms with Gasteiger partial charge < -0.3 is 9.80 Å². The van der Waals surface area contributed by atoms with Crippen LogP contribution in [0.5, 0.6) is 0 Å². The van der Waals surface area contributed by atoms with Gasteiger partial charge in [-0.3, -0.25) is 10.1 Å². The number of amides is 3. The van der Waals surface area contributed by atoms with Gasteiger partial charge >= 0.3 is 6.03 Å². The second kappa shape index (κ2) is 10.5. The van der Waals surface area contributed by atoms with Crippen molar-refractivity contribution in [3.8, 4) is 0 Å². The number of nitrogens with one attached hydrogen (secondary N) is 1. The molecular formula is C21H28ClFN4O2S. The highest BCUT2D eigenvalue weighted by Crippen LogP contribution is 2.32. The lowest BCUT2D eigenvalue weighted by molar-refractivity contribution is -0.127. The molecule has 2 aliphatic heterocycles. The summed E-state index contributed by atoms with van der Waals surface area (Å²) in [5.74, 6) is -0.397. The summed E-state index contributed by atoms with van der Waals surface area (Å²) in [5.41, 5.74) is 0.412. The summed E-state index contributed by atoms with van der Waals surface area (Å²) in [6.45, 7) is 2.85. The highest BCUT2D eigenvalue weighted by Gasteiger charge is 2.48. The minimum atomic E-state index is -0.565. The van der Waals surface area contributed by atoms with E-state index < -0.39 is 18.2 Å². The van der Waals surface area contributed by atoms with E-state index in [-0.39, 0.29) is 11.7 Å². The molecule has 1 aromatic carbocycles. The summed E-state index contributed by atoms with van der Waals surface area (Å²) in [6.07, 6.45) is 6.23. The lowest BCUT2D eigenvalue weighted by Gasteiger charge is -2.36. The zero-order chi connectivity index (χ0) is 21.7. The Hall–Kier alpha value is -1.80. The Kier molecular flexibility index (Phi) is 7.99. The fourth-order valence-corrected chi connectivity index (χ4v) is 5.15. The van der Waals surface area contributed by atoms with Gasteiger partial charge in [0.05, 0.1) is 0 Å². The van der Waals surface area contributed by atoms with E-state index in [0.29, 0.717) is 28.1 Å². The molecule has 0 aromatic heterocycles. The molecule has 2 aliphatic rings. The Morgan fingerprint density at radius 2 is 1.93 bits per heavy atom. The van der Waals surface area contributed by atoms with Crippen LogP contribution in [-0.2, 0) is 10.5 Å².